The second-order valence-corrected chi connectivity index (χ2v) is 2.77. The molecule has 0 aromatic heterocycles. The molecule has 0 aliphatic carbocycles. The minimum atomic E-state index is -0.0822. The van der Waals surface area contributed by atoms with Crippen molar-refractivity contribution in [3.8, 4) is 0 Å². The Bertz CT molecular complexity index is 248. The first-order chi connectivity index (χ1) is 6.61. The molecule has 0 aromatic carbocycles. The van der Waals surface area contributed by atoms with Gasteiger partial charge in [0.25, 0.3) is 5.91 Å². The lowest BCUT2D eigenvalue weighted by molar-refractivity contribution is -0.124. The van der Waals surface area contributed by atoms with Crippen molar-refractivity contribution in [3.05, 3.63) is 24.4 Å². The van der Waals surface area contributed by atoms with E-state index in [2.05, 4.69) is 6.58 Å². The predicted octanol–water partition coefficient (Wildman–Crippen LogP) is 1.90. The minimum absolute atomic E-state index is 0.0822. The molecule has 0 saturated heterocycles. The Hall–Kier alpha value is -1.38. The molecule has 1 heterocycles. The van der Waals surface area contributed by atoms with Gasteiger partial charge in [0, 0.05) is 24.7 Å². The molecular formula is C11H17NO2. The summed E-state index contributed by atoms with van der Waals surface area (Å²) in [5.74, 6) is 0.00347. The van der Waals surface area contributed by atoms with E-state index in [1.807, 2.05) is 13.8 Å². The van der Waals surface area contributed by atoms with Gasteiger partial charge >= 0.3 is 0 Å². The molecule has 1 amide bonds. The SMILES string of the molecule is C=C1C=CC(=O)N1CCC(C)=O.CC. The van der Waals surface area contributed by atoms with Crippen LogP contribution >= 0.6 is 0 Å². The number of hydrogen-bond acceptors (Lipinski definition) is 2. The van der Waals surface area contributed by atoms with Crippen LogP contribution in [0.1, 0.15) is 27.2 Å². The highest BCUT2D eigenvalue weighted by Gasteiger charge is 2.17. The molecule has 0 fully saturated rings. The van der Waals surface area contributed by atoms with Crippen LogP contribution in [0.2, 0.25) is 0 Å². The highest BCUT2D eigenvalue weighted by Crippen LogP contribution is 2.12. The average molecular weight is 195 g/mol. The normalized spacial score (nSPS) is 14.1. The lowest BCUT2D eigenvalue weighted by atomic mass is 10.3. The van der Waals surface area contributed by atoms with Gasteiger partial charge in [-0.1, -0.05) is 20.4 Å². The maximum Gasteiger partial charge on any atom is 0.251 e. The highest BCUT2D eigenvalue weighted by molar-refractivity contribution is 5.93. The van der Waals surface area contributed by atoms with Crippen LogP contribution < -0.4 is 0 Å². The summed E-state index contributed by atoms with van der Waals surface area (Å²) in [6.07, 6.45) is 3.51. The second kappa shape index (κ2) is 6.13. The molecule has 0 aromatic rings. The molecule has 0 bridgehead atoms. The molecule has 0 unspecified atom stereocenters. The van der Waals surface area contributed by atoms with E-state index in [1.165, 1.54) is 17.9 Å². The molecule has 78 valence electrons. The molecular weight excluding hydrogens is 178 g/mol. The maximum absolute atomic E-state index is 11.1. The zero-order valence-corrected chi connectivity index (χ0v) is 9.04. The van der Waals surface area contributed by atoms with E-state index in [9.17, 15) is 9.59 Å². The summed E-state index contributed by atoms with van der Waals surface area (Å²) in [7, 11) is 0. The zero-order valence-electron chi connectivity index (χ0n) is 9.04. The van der Waals surface area contributed by atoms with Crippen molar-refractivity contribution in [3.63, 3.8) is 0 Å². The van der Waals surface area contributed by atoms with E-state index in [4.69, 9.17) is 0 Å². The summed E-state index contributed by atoms with van der Waals surface area (Å²) in [4.78, 5) is 23.2. The fourth-order valence-electron chi connectivity index (χ4n) is 1.01. The number of ketones is 1. The molecule has 3 heteroatoms. The van der Waals surface area contributed by atoms with E-state index >= 15 is 0 Å². The van der Waals surface area contributed by atoms with Gasteiger partial charge in [0.15, 0.2) is 0 Å². The van der Waals surface area contributed by atoms with E-state index in [0.717, 1.165) is 0 Å². The third-order valence-electron chi connectivity index (χ3n) is 1.72. The molecule has 0 N–H and O–H groups in total. The van der Waals surface area contributed by atoms with Crippen LogP contribution in [-0.4, -0.2) is 23.1 Å². The lowest BCUT2D eigenvalue weighted by Crippen LogP contribution is -2.25. The van der Waals surface area contributed by atoms with Crippen molar-refractivity contribution in [1.29, 1.82) is 0 Å². The molecule has 1 aliphatic heterocycles. The summed E-state index contributed by atoms with van der Waals surface area (Å²) in [6.45, 7) is 9.63. The Labute approximate surface area is 85.1 Å². The number of carbonyl (C=O) groups is 2. The van der Waals surface area contributed by atoms with Crippen molar-refractivity contribution < 1.29 is 9.59 Å². The Morgan fingerprint density at radius 1 is 1.43 bits per heavy atom. The van der Waals surface area contributed by atoms with Gasteiger partial charge in [0.05, 0.1) is 0 Å². The fraction of sp³-hybridized carbons (Fsp3) is 0.455. The zero-order chi connectivity index (χ0) is 11.1. The van der Waals surface area contributed by atoms with Crippen molar-refractivity contribution in [2.75, 3.05) is 6.54 Å². The van der Waals surface area contributed by atoms with Crippen molar-refractivity contribution in [1.82, 2.24) is 4.90 Å². The van der Waals surface area contributed by atoms with Crippen molar-refractivity contribution in [2.24, 2.45) is 0 Å². The second-order valence-electron chi connectivity index (χ2n) is 2.77. The van der Waals surface area contributed by atoms with Crippen LogP contribution in [0.3, 0.4) is 0 Å². The Morgan fingerprint density at radius 2 is 2.00 bits per heavy atom. The number of nitrogens with zero attached hydrogens (tertiary/aromatic N) is 1. The Balaban J connectivity index is 0.000000791. The van der Waals surface area contributed by atoms with Gasteiger partial charge in [0.2, 0.25) is 0 Å². The van der Waals surface area contributed by atoms with Crippen LogP contribution in [0.4, 0.5) is 0 Å². The maximum atomic E-state index is 11.1. The number of amides is 1. The summed E-state index contributed by atoms with van der Waals surface area (Å²) < 4.78 is 0. The summed E-state index contributed by atoms with van der Waals surface area (Å²) >= 11 is 0. The molecule has 0 saturated carbocycles. The largest absolute Gasteiger partial charge is 0.309 e. The first-order valence-electron chi connectivity index (χ1n) is 4.79. The molecule has 0 spiro atoms. The van der Waals surface area contributed by atoms with Crippen LogP contribution in [0.25, 0.3) is 0 Å². The number of rotatable bonds is 3. The quantitative estimate of drug-likeness (QED) is 0.689. The molecule has 3 nitrogen and oxygen atoms in total. The van der Waals surface area contributed by atoms with E-state index in [-0.39, 0.29) is 11.7 Å². The van der Waals surface area contributed by atoms with Gasteiger partial charge in [-0.25, -0.2) is 0 Å². The molecule has 1 aliphatic rings. The number of Topliss-reactive ketones (excluding diaryl/α,β-unsaturated/α-hetero) is 1. The Morgan fingerprint density at radius 3 is 2.36 bits per heavy atom. The van der Waals surface area contributed by atoms with Crippen LogP contribution in [-0.2, 0) is 9.59 Å². The topological polar surface area (TPSA) is 37.4 Å². The molecule has 1 rings (SSSR count). The third-order valence-corrected chi connectivity index (χ3v) is 1.72. The monoisotopic (exact) mass is 195 g/mol. The lowest BCUT2D eigenvalue weighted by Gasteiger charge is -2.15. The van der Waals surface area contributed by atoms with Gasteiger partial charge in [-0.3, -0.25) is 9.59 Å². The molecule has 0 radical (unpaired) electrons. The van der Waals surface area contributed by atoms with Crippen LogP contribution in [0.15, 0.2) is 24.4 Å². The fourth-order valence-corrected chi connectivity index (χ4v) is 1.01. The Kier molecular flexibility index (Phi) is 5.53. The number of allylic oxidation sites excluding steroid dienone is 1. The predicted molar refractivity (Wildman–Crippen MR) is 56.6 cm³/mol. The van der Waals surface area contributed by atoms with E-state index < -0.39 is 0 Å². The highest BCUT2D eigenvalue weighted by atomic mass is 16.2. The summed E-state index contributed by atoms with van der Waals surface area (Å²) in [6, 6.07) is 0. The smallest absolute Gasteiger partial charge is 0.251 e. The van der Waals surface area contributed by atoms with Gasteiger partial charge < -0.3 is 4.90 Å². The van der Waals surface area contributed by atoms with Gasteiger partial charge in [-0.2, -0.15) is 0 Å². The van der Waals surface area contributed by atoms with Crippen LogP contribution in [0.5, 0.6) is 0 Å². The number of hydrogen-bond donors (Lipinski definition) is 0. The summed E-state index contributed by atoms with van der Waals surface area (Å²) in [5.41, 5.74) is 0.668. The first kappa shape index (κ1) is 12.6. The first-order valence-corrected chi connectivity index (χ1v) is 4.79. The van der Waals surface area contributed by atoms with Gasteiger partial charge in [-0.05, 0) is 13.0 Å². The summed E-state index contributed by atoms with van der Waals surface area (Å²) in [5, 5.41) is 0. The molecule has 0 atom stereocenters. The van der Waals surface area contributed by atoms with E-state index in [1.54, 1.807) is 6.08 Å². The van der Waals surface area contributed by atoms with E-state index in [0.29, 0.717) is 18.7 Å². The molecule has 14 heavy (non-hydrogen) atoms. The van der Waals surface area contributed by atoms with Gasteiger partial charge in [0.1, 0.15) is 5.78 Å². The standard InChI is InChI=1S/C9H11NO2.C2H6/c1-7-3-4-9(12)10(7)6-5-8(2)11;1-2/h3-4H,1,5-6H2,2H3;1-2H3. The van der Waals surface area contributed by atoms with Crippen molar-refractivity contribution >= 4 is 11.7 Å². The minimum Gasteiger partial charge on any atom is -0.309 e. The van der Waals surface area contributed by atoms with Crippen LogP contribution in [0, 0.1) is 0 Å². The average Bonchev–Trinajstić information content (AvgIpc) is 2.47. The number of carbonyl (C=O) groups excluding carboxylic acids is 2. The third kappa shape index (κ3) is 3.56. The van der Waals surface area contributed by atoms with Gasteiger partial charge in [-0.15, -0.1) is 0 Å². The van der Waals surface area contributed by atoms with Crippen molar-refractivity contribution in [2.45, 2.75) is 27.2 Å².